The van der Waals surface area contributed by atoms with Gasteiger partial charge in [0.2, 0.25) is 5.91 Å². The Morgan fingerprint density at radius 3 is 2.80 bits per heavy atom. The van der Waals surface area contributed by atoms with Crippen LogP contribution in [0.1, 0.15) is 29.5 Å². The Morgan fingerprint density at radius 2 is 2.03 bits per heavy atom. The van der Waals surface area contributed by atoms with E-state index >= 15 is 0 Å². The Morgan fingerprint density at radius 1 is 1.20 bits per heavy atom. The maximum atomic E-state index is 13.0. The number of methoxy groups -OCH3 is 2. The van der Waals surface area contributed by atoms with Gasteiger partial charge in [-0.3, -0.25) is 9.69 Å². The number of likely N-dealkylation sites (N-methyl/N-ethyl adjacent to an activating group) is 1. The van der Waals surface area contributed by atoms with Crippen molar-refractivity contribution in [1.82, 2.24) is 14.8 Å². The number of thiazole rings is 1. The third kappa shape index (κ3) is 4.13. The molecule has 1 saturated heterocycles. The molecule has 3 aromatic rings. The Balaban J connectivity index is 1.45. The van der Waals surface area contributed by atoms with Crippen LogP contribution in [0.2, 0.25) is 0 Å². The average molecular weight is 426 g/mol. The molecule has 158 valence electrons. The Hall–Kier alpha value is -2.64. The standard InChI is InChI=1S/C23H27N3O3S/c1-25(14-16-8-6-11-19(28-2)22(16)29-3)21(27)15-26-13-7-10-18(26)23-24-17-9-4-5-12-20(17)30-23/h4-6,8-9,11-12,18H,7,10,13-15H2,1-3H3/t18-/m1/s1. The third-order valence-electron chi connectivity index (χ3n) is 5.62. The molecule has 7 heteroatoms. The molecule has 6 nitrogen and oxygen atoms in total. The minimum atomic E-state index is 0.0906. The number of carbonyl (C=O) groups is 1. The number of rotatable bonds is 7. The molecule has 1 fully saturated rings. The first kappa shape index (κ1) is 20.6. The molecule has 0 spiro atoms. The fraction of sp³-hybridized carbons (Fsp3) is 0.391. The number of ether oxygens (including phenoxy) is 2. The fourth-order valence-corrected chi connectivity index (χ4v) is 5.18. The lowest BCUT2D eigenvalue weighted by atomic mass is 10.1. The largest absolute Gasteiger partial charge is 0.493 e. The van der Waals surface area contributed by atoms with Gasteiger partial charge in [-0.05, 0) is 37.6 Å². The first-order valence-corrected chi connectivity index (χ1v) is 11.0. The minimum absolute atomic E-state index is 0.0906. The number of aromatic nitrogens is 1. The normalized spacial score (nSPS) is 16.7. The van der Waals surface area contributed by atoms with Gasteiger partial charge in [0.1, 0.15) is 5.01 Å². The zero-order valence-corrected chi connectivity index (χ0v) is 18.4. The molecule has 1 atom stereocenters. The summed E-state index contributed by atoms with van der Waals surface area (Å²) in [4.78, 5) is 21.8. The molecule has 0 N–H and O–H groups in total. The highest BCUT2D eigenvalue weighted by Gasteiger charge is 2.31. The maximum absolute atomic E-state index is 13.0. The van der Waals surface area contributed by atoms with E-state index in [1.54, 1.807) is 30.5 Å². The summed E-state index contributed by atoms with van der Waals surface area (Å²) in [5.74, 6) is 1.44. The summed E-state index contributed by atoms with van der Waals surface area (Å²) in [6, 6.07) is 14.2. The van der Waals surface area contributed by atoms with Crippen LogP contribution in [-0.4, -0.2) is 55.0 Å². The molecule has 0 unspecified atom stereocenters. The second kappa shape index (κ2) is 9.02. The van der Waals surface area contributed by atoms with E-state index in [2.05, 4.69) is 17.0 Å². The molecule has 1 aliphatic heterocycles. The van der Waals surface area contributed by atoms with Crippen molar-refractivity contribution in [3.63, 3.8) is 0 Å². The van der Waals surface area contributed by atoms with Gasteiger partial charge in [-0.15, -0.1) is 11.3 Å². The third-order valence-corrected chi connectivity index (χ3v) is 6.75. The van der Waals surface area contributed by atoms with Crippen LogP contribution in [0, 0.1) is 0 Å². The second-order valence-corrected chi connectivity index (χ2v) is 8.61. The van der Waals surface area contributed by atoms with E-state index in [1.165, 1.54) is 4.70 Å². The Labute approximate surface area is 181 Å². The highest BCUT2D eigenvalue weighted by molar-refractivity contribution is 7.18. The van der Waals surface area contributed by atoms with Crippen LogP contribution >= 0.6 is 11.3 Å². The number of carbonyl (C=O) groups excluding carboxylic acids is 1. The first-order valence-electron chi connectivity index (χ1n) is 10.1. The molecule has 0 radical (unpaired) electrons. The van der Waals surface area contributed by atoms with Crippen molar-refractivity contribution in [2.75, 3.05) is 34.4 Å². The molecule has 1 amide bonds. The van der Waals surface area contributed by atoms with Crippen molar-refractivity contribution in [3.8, 4) is 11.5 Å². The number of amides is 1. The van der Waals surface area contributed by atoms with E-state index in [9.17, 15) is 4.79 Å². The number of fused-ring (bicyclic) bond motifs is 1. The molecule has 4 rings (SSSR count). The van der Waals surface area contributed by atoms with Crippen LogP contribution in [0.4, 0.5) is 0 Å². The van der Waals surface area contributed by atoms with Crippen molar-refractivity contribution in [2.24, 2.45) is 0 Å². The zero-order valence-electron chi connectivity index (χ0n) is 17.6. The molecular formula is C23H27N3O3S. The first-order chi connectivity index (χ1) is 14.6. The maximum Gasteiger partial charge on any atom is 0.236 e. The van der Waals surface area contributed by atoms with Gasteiger partial charge in [0.15, 0.2) is 11.5 Å². The summed E-state index contributed by atoms with van der Waals surface area (Å²) in [7, 11) is 5.08. The number of likely N-dealkylation sites (tertiary alicyclic amines) is 1. The van der Waals surface area contributed by atoms with E-state index in [0.29, 0.717) is 24.6 Å². The summed E-state index contributed by atoms with van der Waals surface area (Å²) in [5, 5.41) is 1.11. The molecule has 0 bridgehead atoms. The zero-order chi connectivity index (χ0) is 21.1. The second-order valence-electron chi connectivity index (χ2n) is 7.55. The smallest absolute Gasteiger partial charge is 0.236 e. The van der Waals surface area contributed by atoms with Gasteiger partial charge in [0.05, 0.1) is 37.0 Å². The predicted molar refractivity (Wildman–Crippen MR) is 119 cm³/mol. The van der Waals surface area contributed by atoms with Crippen molar-refractivity contribution in [2.45, 2.75) is 25.4 Å². The van der Waals surface area contributed by atoms with E-state index in [4.69, 9.17) is 14.5 Å². The quantitative estimate of drug-likeness (QED) is 0.570. The van der Waals surface area contributed by atoms with E-state index in [0.717, 1.165) is 35.5 Å². The molecular weight excluding hydrogens is 398 g/mol. The summed E-state index contributed by atoms with van der Waals surface area (Å²) >= 11 is 1.74. The molecule has 1 aliphatic rings. The van der Waals surface area contributed by atoms with Gasteiger partial charge >= 0.3 is 0 Å². The Kier molecular flexibility index (Phi) is 6.20. The topological polar surface area (TPSA) is 54.9 Å². The lowest BCUT2D eigenvalue weighted by Gasteiger charge is -2.26. The van der Waals surface area contributed by atoms with Crippen LogP contribution in [0.25, 0.3) is 10.2 Å². The molecule has 0 saturated carbocycles. The number of benzene rings is 2. The van der Waals surface area contributed by atoms with E-state index in [-0.39, 0.29) is 11.9 Å². The molecule has 2 heterocycles. The molecule has 0 aliphatic carbocycles. The van der Waals surface area contributed by atoms with Gasteiger partial charge in [0.25, 0.3) is 0 Å². The number of para-hydroxylation sites is 2. The minimum Gasteiger partial charge on any atom is -0.493 e. The SMILES string of the molecule is COc1cccc(CN(C)C(=O)CN2CCC[C@@H]2c2nc3ccccc3s2)c1OC. The average Bonchev–Trinajstić information content (AvgIpc) is 3.39. The number of hydrogen-bond donors (Lipinski definition) is 0. The number of nitrogens with zero attached hydrogens (tertiary/aromatic N) is 3. The number of hydrogen-bond acceptors (Lipinski definition) is 6. The van der Waals surface area contributed by atoms with Crippen LogP contribution in [0.3, 0.4) is 0 Å². The molecule has 2 aromatic carbocycles. The summed E-state index contributed by atoms with van der Waals surface area (Å²) < 4.78 is 12.1. The molecule has 1 aromatic heterocycles. The van der Waals surface area contributed by atoms with E-state index < -0.39 is 0 Å². The van der Waals surface area contributed by atoms with Crippen LogP contribution < -0.4 is 9.47 Å². The van der Waals surface area contributed by atoms with Gasteiger partial charge in [-0.1, -0.05) is 24.3 Å². The van der Waals surface area contributed by atoms with E-state index in [1.807, 2.05) is 37.4 Å². The molecule has 30 heavy (non-hydrogen) atoms. The predicted octanol–water partition coefficient (Wildman–Crippen LogP) is 4.11. The lowest BCUT2D eigenvalue weighted by molar-refractivity contribution is -0.131. The van der Waals surface area contributed by atoms with Gasteiger partial charge in [-0.25, -0.2) is 4.98 Å². The summed E-state index contributed by atoms with van der Waals surface area (Å²) in [6.45, 7) is 1.78. The fourth-order valence-electron chi connectivity index (χ4n) is 4.04. The summed E-state index contributed by atoms with van der Waals surface area (Å²) in [5.41, 5.74) is 1.97. The van der Waals surface area contributed by atoms with Gasteiger partial charge in [0, 0.05) is 19.2 Å². The Bertz CT molecular complexity index is 1000. The summed E-state index contributed by atoms with van der Waals surface area (Å²) in [6.07, 6.45) is 2.13. The van der Waals surface area contributed by atoms with Crippen molar-refractivity contribution < 1.29 is 14.3 Å². The van der Waals surface area contributed by atoms with Crippen LogP contribution in [0.15, 0.2) is 42.5 Å². The van der Waals surface area contributed by atoms with Crippen molar-refractivity contribution in [3.05, 3.63) is 53.0 Å². The highest BCUT2D eigenvalue weighted by atomic mass is 32.1. The highest BCUT2D eigenvalue weighted by Crippen LogP contribution is 2.36. The van der Waals surface area contributed by atoms with Crippen molar-refractivity contribution in [1.29, 1.82) is 0 Å². The van der Waals surface area contributed by atoms with Crippen LogP contribution in [-0.2, 0) is 11.3 Å². The monoisotopic (exact) mass is 425 g/mol. The van der Waals surface area contributed by atoms with Gasteiger partial charge < -0.3 is 14.4 Å². The van der Waals surface area contributed by atoms with Crippen LogP contribution in [0.5, 0.6) is 11.5 Å². The lowest BCUT2D eigenvalue weighted by Crippen LogP contribution is -2.37. The van der Waals surface area contributed by atoms with Gasteiger partial charge in [-0.2, -0.15) is 0 Å². The van der Waals surface area contributed by atoms with Crippen molar-refractivity contribution >= 4 is 27.5 Å².